The van der Waals surface area contributed by atoms with Gasteiger partial charge in [0, 0.05) is 5.56 Å². The molecule has 170 valence electrons. The fraction of sp³-hybridized carbons (Fsp3) is 0.0370. The highest BCUT2D eigenvalue weighted by molar-refractivity contribution is 6.21. The van der Waals surface area contributed by atoms with Crippen LogP contribution in [0.2, 0.25) is 0 Å². The molecule has 0 fully saturated rings. The summed E-state index contributed by atoms with van der Waals surface area (Å²) in [5.41, 5.74) is -2.51. The van der Waals surface area contributed by atoms with E-state index >= 15 is 8.78 Å². The van der Waals surface area contributed by atoms with Crippen molar-refractivity contribution in [2.45, 2.75) is 6.18 Å². The van der Waals surface area contributed by atoms with Crippen molar-refractivity contribution in [3.05, 3.63) is 108 Å². The topological polar surface area (TPSA) is 0 Å². The van der Waals surface area contributed by atoms with Gasteiger partial charge in [0.05, 0.1) is 5.56 Å². The first-order valence-electron chi connectivity index (χ1n) is 10.1. The highest BCUT2D eigenvalue weighted by atomic mass is 19.4. The Balaban J connectivity index is 2.01. The third kappa shape index (κ3) is 3.22. The van der Waals surface area contributed by atoms with Crippen LogP contribution in [0.4, 0.5) is 30.7 Å². The van der Waals surface area contributed by atoms with Crippen LogP contribution in [0.25, 0.3) is 43.8 Å². The van der Waals surface area contributed by atoms with Crippen LogP contribution in [0.3, 0.4) is 0 Å². The molecular formula is C27H13F7. The van der Waals surface area contributed by atoms with Crippen LogP contribution in [0.5, 0.6) is 0 Å². The summed E-state index contributed by atoms with van der Waals surface area (Å²) in [5.74, 6) is -9.17. The summed E-state index contributed by atoms with van der Waals surface area (Å²) in [6.07, 6.45) is -5.62. The second-order valence-electron chi connectivity index (χ2n) is 7.71. The SMILES string of the molecule is Fc1c(F)c(C(F)(F)F)c(F)c(F)c1-c1c2ccccc2c(-c2ccccc2)c2ccccc12. The van der Waals surface area contributed by atoms with Gasteiger partial charge in [-0.3, -0.25) is 0 Å². The number of rotatable bonds is 2. The first-order valence-corrected chi connectivity index (χ1v) is 10.1. The molecular weight excluding hydrogens is 457 g/mol. The van der Waals surface area contributed by atoms with Crippen LogP contribution in [-0.4, -0.2) is 0 Å². The van der Waals surface area contributed by atoms with Crippen LogP contribution in [-0.2, 0) is 6.18 Å². The quantitative estimate of drug-likeness (QED) is 0.137. The molecule has 0 aliphatic heterocycles. The lowest BCUT2D eigenvalue weighted by molar-refractivity contribution is -0.143. The molecule has 0 bridgehead atoms. The molecule has 0 aliphatic carbocycles. The summed E-state index contributed by atoms with van der Waals surface area (Å²) in [6, 6.07) is 22.0. The van der Waals surface area contributed by atoms with Crippen molar-refractivity contribution in [1.29, 1.82) is 0 Å². The largest absolute Gasteiger partial charge is 0.422 e. The van der Waals surface area contributed by atoms with E-state index in [2.05, 4.69) is 0 Å². The van der Waals surface area contributed by atoms with Crippen molar-refractivity contribution < 1.29 is 30.7 Å². The Labute approximate surface area is 188 Å². The van der Waals surface area contributed by atoms with Gasteiger partial charge in [-0.15, -0.1) is 0 Å². The van der Waals surface area contributed by atoms with E-state index in [9.17, 15) is 22.0 Å². The minimum Gasteiger partial charge on any atom is -0.203 e. The third-order valence-corrected chi connectivity index (χ3v) is 5.79. The summed E-state index contributed by atoms with van der Waals surface area (Å²) in [6.45, 7) is 0. The highest BCUT2D eigenvalue weighted by Gasteiger charge is 2.42. The van der Waals surface area contributed by atoms with E-state index in [1.54, 1.807) is 36.4 Å². The van der Waals surface area contributed by atoms with Crippen molar-refractivity contribution in [2.24, 2.45) is 0 Å². The van der Waals surface area contributed by atoms with Gasteiger partial charge in [0.1, 0.15) is 5.56 Å². The molecule has 0 heterocycles. The maximum absolute atomic E-state index is 15.1. The van der Waals surface area contributed by atoms with E-state index in [-0.39, 0.29) is 16.3 Å². The van der Waals surface area contributed by atoms with Crippen molar-refractivity contribution in [3.63, 3.8) is 0 Å². The van der Waals surface area contributed by atoms with Gasteiger partial charge in [0.15, 0.2) is 23.3 Å². The monoisotopic (exact) mass is 470 g/mol. The molecule has 0 aliphatic rings. The van der Waals surface area contributed by atoms with E-state index in [1.807, 2.05) is 30.3 Å². The number of hydrogen-bond acceptors (Lipinski definition) is 0. The summed E-state index contributed by atoms with van der Waals surface area (Å²) in [5, 5.41) is 1.50. The molecule has 0 unspecified atom stereocenters. The Morgan fingerprint density at radius 3 is 1.21 bits per heavy atom. The van der Waals surface area contributed by atoms with E-state index < -0.39 is 40.6 Å². The van der Waals surface area contributed by atoms with Crippen molar-refractivity contribution in [2.75, 3.05) is 0 Å². The summed E-state index contributed by atoms with van der Waals surface area (Å²) >= 11 is 0. The average Bonchev–Trinajstić information content (AvgIpc) is 2.82. The lowest BCUT2D eigenvalue weighted by Gasteiger charge is -2.20. The Hall–Kier alpha value is -3.87. The van der Waals surface area contributed by atoms with Crippen LogP contribution < -0.4 is 0 Å². The predicted octanol–water partition coefficient (Wildman–Crippen LogP) is 8.90. The average molecular weight is 470 g/mol. The zero-order valence-electron chi connectivity index (χ0n) is 17.2. The molecule has 0 N–H and O–H groups in total. The molecule has 0 radical (unpaired) electrons. The van der Waals surface area contributed by atoms with Crippen LogP contribution in [0.1, 0.15) is 5.56 Å². The lowest BCUT2D eigenvalue weighted by Crippen LogP contribution is -2.16. The lowest BCUT2D eigenvalue weighted by atomic mass is 9.85. The molecule has 0 amide bonds. The molecule has 0 spiro atoms. The molecule has 0 saturated heterocycles. The summed E-state index contributed by atoms with van der Waals surface area (Å²) < 4.78 is 98.7. The fourth-order valence-corrected chi connectivity index (χ4v) is 4.41. The van der Waals surface area contributed by atoms with E-state index in [1.165, 1.54) is 12.1 Å². The molecule has 5 aromatic carbocycles. The van der Waals surface area contributed by atoms with Gasteiger partial charge in [-0.1, -0.05) is 78.9 Å². The first-order chi connectivity index (χ1) is 16.2. The van der Waals surface area contributed by atoms with Gasteiger partial charge in [-0.25, -0.2) is 17.6 Å². The summed E-state index contributed by atoms with van der Waals surface area (Å²) in [4.78, 5) is 0. The highest BCUT2D eigenvalue weighted by Crippen LogP contribution is 2.47. The minimum absolute atomic E-state index is 0.229. The van der Waals surface area contributed by atoms with Crippen molar-refractivity contribution in [1.82, 2.24) is 0 Å². The second-order valence-corrected chi connectivity index (χ2v) is 7.71. The summed E-state index contributed by atoms with van der Waals surface area (Å²) in [7, 11) is 0. The predicted molar refractivity (Wildman–Crippen MR) is 117 cm³/mol. The Bertz CT molecular complexity index is 1480. The maximum Gasteiger partial charge on any atom is 0.422 e. The number of benzene rings is 5. The molecule has 5 aromatic rings. The van der Waals surface area contributed by atoms with Gasteiger partial charge >= 0.3 is 6.18 Å². The first kappa shape index (κ1) is 21.9. The number of fused-ring (bicyclic) bond motifs is 2. The van der Waals surface area contributed by atoms with Gasteiger partial charge in [0.2, 0.25) is 0 Å². The number of alkyl halides is 3. The second kappa shape index (κ2) is 7.87. The van der Waals surface area contributed by atoms with Gasteiger partial charge < -0.3 is 0 Å². The van der Waals surface area contributed by atoms with Crippen LogP contribution in [0, 0.1) is 23.3 Å². The van der Waals surface area contributed by atoms with Crippen LogP contribution in [0.15, 0.2) is 78.9 Å². The molecule has 34 heavy (non-hydrogen) atoms. The van der Waals surface area contributed by atoms with Gasteiger partial charge in [-0.2, -0.15) is 13.2 Å². The minimum atomic E-state index is -5.62. The zero-order valence-corrected chi connectivity index (χ0v) is 17.2. The number of halogens is 7. The van der Waals surface area contributed by atoms with E-state index in [0.717, 1.165) is 5.56 Å². The molecule has 0 aromatic heterocycles. The standard InChI is InChI=1S/C27H13F7/c28-23-21(24(29)26(31)22(25(23)30)27(32,33)34)20-17-12-6-4-10-15(17)19(14-8-2-1-3-9-14)16-11-5-7-13-18(16)20/h1-13H. The molecule has 0 saturated carbocycles. The van der Waals surface area contributed by atoms with E-state index in [4.69, 9.17) is 0 Å². The molecule has 0 atom stereocenters. The Morgan fingerprint density at radius 2 is 0.794 bits per heavy atom. The van der Waals surface area contributed by atoms with E-state index in [0.29, 0.717) is 16.3 Å². The van der Waals surface area contributed by atoms with Gasteiger partial charge in [0.25, 0.3) is 0 Å². The molecule has 7 heteroatoms. The zero-order chi connectivity index (χ0) is 24.2. The molecule has 5 rings (SSSR count). The Kier molecular flexibility index (Phi) is 5.08. The molecule has 0 nitrogen and oxygen atoms in total. The van der Waals surface area contributed by atoms with Crippen molar-refractivity contribution in [3.8, 4) is 22.3 Å². The van der Waals surface area contributed by atoms with Gasteiger partial charge in [-0.05, 0) is 32.7 Å². The Morgan fingerprint density at radius 1 is 0.412 bits per heavy atom. The fourth-order valence-electron chi connectivity index (χ4n) is 4.41. The smallest absolute Gasteiger partial charge is 0.203 e. The maximum atomic E-state index is 15.1. The third-order valence-electron chi connectivity index (χ3n) is 5.79. The normalized spacial score (nSPS) is 12.0. The van der Waals surface area contributed by atoms with Crippen LogP contribution >= 0.6 is 0 Å². The number of hydrogen-bond donors (Lipinski definition) is 0. The van der Waals surface area contributed by atoms with Crippen molar-refractivity contribution >= 4 is 21.5 Å².